The maximum atomic E-state index is 10.8. The Kier molecular flexibility index (Phi) is 2.94. The molecule has 0 bridgehead atoms. The zero-order chi connectivity index (χ0) is 13.5. The molecule has 3 nitrogen and oxygen atoms in total. The summed E-state index contributed by atoms with van der Waals surface area (Å²) >= 11 is 0. The second-order valence-corrected chi connectivity index (χ2v) is 5.51. The van der Waals surface area contributed by atoms with Crippen molar-refractivity contribution < 1.29 is 14.6 Å². The summed E-state index contributed by atoms with van der Waals surface area (Å²) < 4.78 is 5.94. The lowest BCUT2D eigenvalue weighted by Gasteiger charge is -2.36. The molecular formula is C16H18O3. The van der Waals surface area contributed by atoms with E-state index in [9.17, 15) is 4.79 Å². The molecule has 1 N–H and O–H groups in total. The van der Waals surface area contributed by atoms with Crippen molar-refractivity contribution in [2.75, 3.05) is 6.61 Å². The van der Waals surface area contributed by atoms with Gasteiger partial charge in [0.2, 0.25) is 0 Å². The molecule has 0 saturated heterocycles. The highest BCUT2D eigenvalue weighted by Gasteiger charge is 2.39. The van der Waals surface area contributed by atoms with E-state index in [1.54, 1.807) is 0 Å². The molecule has 1 aromatic carbocycles. The number of benzene rings is 1. The predicted octanol–water partition coefficient (Wildman–Crippen LogP) is 3.04. The van der Waals surface area contributed by atoms with Crippen LogP contribution in [-0.2, 0) is 16.0 Å². The van der Waals surface area contributed by atoms with E-state index < -0.39 is 11.6 Å². The summed E-state index contributed by atoms with van der Waals surface area (Å²) in [6.07, 6.45) is 2.55. The Bertz CT molecular complexity index is 559. The molecule has 0 amide bonds. The molecule has 1 aromatic rings. The standard InChI is InChI=1S/C16H18O3/c1-16(8-6-15(17)18)14-10-11-4-2-3-5-12(11)13(14)7-9-19-16/h2-5H,6-10H2,1H3,(H,17,18). The Labute approximate surface area is 112 Å². The van der Waals surface area contributed by atoms with Gasteiger partial charge >= 0.3 is 5.97 Å². The fourth-order valence-electron chi connectivity index (χ4n) is 3.25. The monoisotopic (exact) mass is 258 g/mol. The third-order valence-corrected chi connectivity index (χ3v) is 4.30. The van der Waals surface area contributed by atoms with Crippen LogP contribution in [0, 0.1) is 0 Å². The van der Waals surface area contributed by atoms with Gasteiger partial charge in [-0.1, -0.05) is 24.3 Å². The minimum atomic E-state index is -0.756. The Hall–Kier alpha value is -1.61. The van der Waals surface area contributed by atoms with E-state index in [4.69, 9.17) is 9.84 Å². The van der Waals surface area contributed by atoms with Crippen molar-refractivity contribution in [3.8, 4) is 0 Å². The minimum absolute atomic E-state index is 0.156. The smallest absolute Gasteiger partial charge is 0.303 e. The SMILES string of the molecule is CC1(CCC(=O)O)OCCC2=C1Cc1ccccc12. The molecule has 3 heteroatoms. The fraction of sp³-hybridized carbons (Fsp3) is 0.438. The summed E-state index contributed by atoms with van der Waals surface area (Å²) in [4.78, 5) is 10.8. The molecule has 0 fully saturated rings. The molecule has 1 aliphatic heterocycles. The number of hydrogen-bond donors (Lipinski definition) is 1. The maximum absolute atomic E-state index is 10.8. The molecule has 2 aliphatic rings. The molecular weight excluding hydrogens is 240 g/mol. The van der Waals surface area contributed by atoms with Gasteiger partial charge in [0, 0.05) is 6.42 Å². The normalized spacial score (nSPS) is 25.1. The van der Waals surface area contributed by atoms with Gasteiger partial charge in [0.05, 0.1) is 12.2 Å². The first kappa shape index (κ1) is 12.4. The van der Waals surface area contributed by atoms with Crippen molar-refractivity contribution >= 4 is 11.5 Å². The van der Waals surface area contributed by atoms with Crippen molar-refractivity contribution in [2.24, 2.45) is 0 Å². The van der Waals surface area contributed by atoms with E-state index in [-0.39, 0.29) is 6.42 Å². The Morgan fingerprint density at radius 3 is 3.00 bits per heavy atom. The van der Waals surface area contributed by atoms with Gasteiger partial charge in [-0.15, -0.1) is 0 Å². The molecule has 19 heavy (non-hydrogen) atoms. The van der Waals surface area contributed by atoms with Gasteiger partial charge in [0.25, 0.3) is 0 Å². The number of fused-ring (bicyclic) bond motifs is 2. The van der Waals surface area contributed by atoms with Gasteiger partial charge in [0.15, 0.2) is 0 Å². The number of carbonyl (C=O) groups is 1. The van der Waals surface area contributed by atoms with E-state index in [0.29, 0.717) is 13.0 Å². The largest absolute Gasteiger partial charge is 0.481 e. The van der Waals surface area contributed by atoms with Crippen LogP contribution in [-0.4, -0.2) is 23.3 Å². The third kappa shape index (κ3) is 2.08. The van der Waals surface area contributed by atoms with E-state index in [1.165, 1.54) is 22.3 Å². The first-order valence-corrected chi connectivity index (χ1v) is 6.77. The van der Waals surface area contributed by atoms with Crippen molar-refractivity contribution in [3.05, 3.63) is 41.0 Å². The summed E-state index contributed by atoms with van der Waals surface area (Å²) in [6.45, 7) is 2.72. The number of ether oxygens (including phenoxy) is 1. The molecule has 1 heterocycles. The maximum Gasteiger partial charge on any atom is 0.303 e. The van der Waals surface area contributed by atoms with Crippen LogP contribution >= 0.6 is 0 Å². The quantitative estimate of drug-likeness (QED) is 0.906. The topological polar surface area (TPSA) is 46.5 Å². The molecule has 0 radical (unpaired) electrons. The average Bonchev–Trinajstić information content (AvgIpc) is 2.78. The molecule has 1 unspecified atom stereocenters. The van der Waals surface area contributed by atoms with Crippen LogP contribution in [0.3, 0.4) is 0 Å². The molecule has 0 spiro atoms. The first-order chi connectivity index (χ1) is 9.10. The zero-order valence-corrected chi connectivity index (χ0v) is 11.1. The minimum Gasteiger partial charge on any atom is -0.481 e. The second-order valence-electron chi connectivity index (χ2n) is 5.51. The van der Waals surface area contributed by atoms with Gasteiger partial charge in [-0.25, -0.2) is 0 Å². The van der Waals surface area contributed by atoms with E-state index >= 15 is 0 Å². The van der Waals surface area contributed by atoms with Crippen LogP contribution in [0.15, 0.2) is 29.8 Å². The van der Waals surface area contributed by atoms with Crippen LogP contribution in [0.1, 0.15) is 37.3 Å². The fourth-order valence-corrected chi connectivity index (χ4v) is 3.25. The van der Waals surface area contributed by atoms with Gasteiger partial charge in [-0.2, -0.15) is 0 Å². The van der Waals surface area contributed by atoms with E-state index in [0.717, 1.165) is 12.8 Å². The number of aliphatic carboxylic acids is 1. The molecule has 1 aliphatic carbocycles. The Morgan fingerprint density at radius 2 is 2.21 bits per heavy atom. The van der Waals surface area contributed by atoms with Crippen LogP contribution in [0.2, 0.25) is 0 Å². The lowest BCUT2D eigenvalue weighted by molar-refractivity contribution is -0.138. The van der Waals surface area contributed by atoms with Crippen molar-refractivity contribution in [2.45, 2.75) is 38.2 Å². The molecule has 3 rings (SSSR count). The lowest BCUT2D eigenvalue weighted by Crippen LogP contribution is -2.36. The van der Waals surface area contributed by atoms with Crippen molar-refractivity contribution in [3.63, 3.8) is 0 Å². The predicted molar refractivity (Wildman–Crippen MR) is 72.9 cm³/mol. The lowest BCUT2D eigenvalue weighted by atomic mass is 9.84. The van der Waals surface area contributed by atoms with Crippen LogP contribution < -0.4 is 0 Å². The average molecular weight is 258 g/mol. The number of carboxylic acid groups (broad SMARTS) is 1. The molecule has 0 aromatic heterocycles. The Balaban J connectivity index is 1.94. The molecule has 0 saturated carbocycles. The summed E-state index contributed by atoms with van der Waals surface area (Å²) in [5, 5.41) is 8.90. The highest BCUT2D eigenvalue weighted by molar-refractivity contribution is 5.78. The van der Waals surface area contributed by atoms with Crippen LogP contribution in [0.25, 0.3) is 5.57 Å². The first-order valence-electron chi connectivity index (χ1n) is 6.77. The summed E-state index contributed by atoms with van der Waals surface area (Å²) in [6, 6.07) is 8.46. The highest BCUT2D eigenvalue weighted by atomic mass is 16.5. The van der Waals surface area contributed by atoms with Gasteiger partial charge in [0.1, 0.15) is 0 Å². The van der Waals surface area contributed by atoms with E-state index in [1.807, 2.05) is 6.92 Å². The summed E-state index contributed by atoms with van der Waals surface area (Å²) in [7, 11) is 0. The zero-order valence-electron chi connectivity index (χ0n) is 11.1. The van der Waals surface area contributed by atoms with Crippen LogP contribution in [0.4, 0.5) is 0 Å². The third-order valence-electron chi connectivity index (χ3n) is 4.30. The second kappa shape index (κ2) is 4.49. The van der Waals surface area contributed by atoms with Crippen LogP contribution in [0.5, 0.6) is 0 Å². The van der Waals surface area contributed by atoms with Gasteiger partial charge < -0.3 is 9.84 Å². The van der Waals surface area contributed by atoms with Crippen molar-refractivity contribution in [1.29, 1.82) is 0 Å². The number of rotatable bonds is 3. The van der Waals surface area contributed by atoms with Gasteiger partial charge in [-0.3, -0.25) is 4.79 Å². The number of hydrogen-bond acceptors (Lipinski definition) is 2. The summed E-state index contributed by atoms with van der Waals surface area (Å²) in [5.41, 5.74) is 4.95. The Morgan fingerprint density at radius 1 is 1.42 bits per heavy atom. The number of carboxylic acids is 1. The molecule has 100 valence electrons. The molecule has 1 atom stereocenters. The van der Waals surface area contributed by atoms with E-state index in [2.05, 4.69) is 24.3 Å². The van der Waals surface area contributed by atoms with Gasteiger partial charge in [-0.05, 0) is 48.5 Å². The van der Waals surface area contributed by atoms with Crippen molar-refractivity contribution in [1.82, 2.24) is 0 Å². The highest BCUT2D eigenvalue weighted by Crippen LogP contribution is 2.45. The summed E-state index contributed by atoms with van der Waals surface area (Å²) in [5.74, 6) is -0.756.